The predicted molar refractivity (Wildman–Crippen MR) is 56.2 cm³/mol. The van der Waals surface area contributed by atoms with Gasteiger partial charge in [-0.1, -0.05) is 13.5 Å². The zero-order valence-electron chi connectivity index (χ0n) is 8.06. The van der Waals surface area contributed by atoms with Crippen molar-refractivity contribution >= 4 is 5.91 Å². The van der Waals surface area contributed by atoms with Gasteiger partial charge in [-0.05, 0) is 25.1 Å². The van der Waals surface area contributed by atoms with Crippen LogP contribution in [0.15, 0.2) is 24.3 Å². The van der Waals surface area contributed by atoms with E-state index in [4.69, 9.17) is 0 Å². The number of halogens is 3. The number of hydrogen-bond acceptors (Lipinski definition) is 1. The zero-order chi connectivity index (χ0) is 11.5. The summed E-state index contributed by atoms with van der Waals surface area (Å²) in [6.45, 7) is 2.08. The smallest absolute Gasteiger partial charge is 0.352 e. The predicted octanol–water partition coefficient (Wildman–Crippen LogP) is 3.09. The highest BCUT2D eigenvalue weighted by Gasteiger charge is 2.30. The van der Waals surface area contributed by atoms with Crippen molar-refractivity contribution < 1.29 is 18.0 Å². The molecule has 0 radical (unpaired) electrons. The molecule has 2 nitrogen and oxygen atoms in total. The number of benzene rings is 1. The van der Waals surface area contributed by atoms with Gasteiger partial charge in [-0.2, -0.15) is 13.2 Å². The van der Waals surface area contributed by atoms with Gasteiger partial charge in [-0.3, -0.25) is 4.79 Å². The average molecular weight is 233 g/mol. The van der Waals surface area contributed by atoms with Crippen LogP contribution in [0.4, 0.5) is 13.2 Å². The first-order chi connectivity index (χ1) is 6.95. The molecule has 16 heavy (non-hydrogen) atoms. The Morgan fingerprint density at radius 3 is 2.50 bits per heavy atom. The SMILES string of the molecule is C.CCNC(=O)c1cccc(C(F)(F)F)c1. The van der Waals surface area contributed by atoms with Gasteiger partial charge >= 0.3 is 6.18 Å². The molecule has 0 saturated carbocycles. The van der Waals surface area contributed by atoms with E-state index in [2.05, 4.69) is 5.32 Å². The molecule has 0 aromatic heterocycles. The van der Waals surface area contributed by atoms with Crippen LogP contribution in [0, 0.1) is 0 Å². The van der Waals surface area contributed by atoms with Gasteiger partial charge in [-0.25, -0.2) is 0 Å². The Labute approximate surface area is 92.5 Å². The molecule has 0 aliphatic heterocycles. The molecule has 90 valence electrons. The van der Waals surface area contributed by atoms with Crippen molar-refractivity contribution in [2.45, 2.75) is 20.5 Å². The van der Waals surface area contributed by atoms with Crippen LogP contribution >= 0.6 is 0 Å². The number of carbonyl (C=O) groups excluding carboxylic acids is 1. The van der Waals surface area contributed by atoms with Crippen molar-refractivity contribution in [3.8, 4) is 0 Å². The molecule has 0 fully saturated rings. The first kappa shape index (κ1) is 14.5. The van der Waals surface area contributed by atoms with Crippen LogP contribution in [-0.4, -0.2) is 12.5 Å². The van der Waals surface area contributed by atoms with Gasteiger partial charge in [0.1, 0.15) is 0 Å². The lowest BCUT2D eigenvalue weighted by Crippen LogP contribution is -2.23. The average Bonchev–Trinajstić information content (AvgIpc) is 2.17. The standard InChI is InChI=1S/C10H10F3NO.CH4/c1-2-14-9(15)7-4-3-5-8(6-7)10(11,12)13;/h3-6H,2H2,1H3,(H,14,15);1H4. The van der Waals surface area contributed by atoms with Crippen LogP contribution < -0.4 is 5.32 Å². The summed E-state index contributed by atoms with van der Waals surface area (Å²) < 4.78 is 36.9. The first-order valence-electron chi connectivity index (χ1n) is 4.40. The summed E-state index contributed by atoms with van der Waals surface area (Å²) in [7, 11) is 0. The van der Waals surface area contributed by atoms with Crippen LogP contribution in [-0.2, 0) is 6.18 Å². The molecule has 0 spiro atoms. The maximum absolute atomic E-state index is 12.3. The zero-order valence-corrected chi connectivity index (χ0v) is 8.06. The van der Waals surface area contributed by atoms with E-state index < -0.39 is 17.6 Å². The van der Waals surface area contributed by atoms with E-state index in [1.54, 1.807) is 6.92 Å². The highest BCUT2D eigenvalue weighted by molar-refractivity contribution is 5.94. The van der Waals surface area contributed by atoms with E-state index in [0.717, 1.165) is 12.1 Å². The summed E-state index contributed by atoms with van der Waals surface area (Å²) in [4.78, 5) is 11.2. The number of hydrogen-bond donors (Lipinski definition) is 1. The third-order valence-corrected chi connectivity index (χ3v) is 1.79. The second-order valence-electron chi connectivity index (χ2n) is 2.94. The molecule has 0 heterocycles. The summed E-state index contributed by atoms with van der Waals surface area (Å²) in [5, 5.41) is 2.43. The van der Waals surface area contributed by atoms with Crippen molar-refractivity contribution in [1.82, 2.24) is 5.32 Å². The van der Waals surface area contributed by atoms with E-state index in [9.17, 15) is 18.0 Å². The minimum Gasteiger partial charge on any atom is -0.352 e. The Morgan fingerprint density at radius 1 is 1.38 bits per heavy atom. The maximum atomic E-state index is 12.3. The normalized spacial score (nSPS) is 10.5. The Morgan fingerprint density at radius 2 is 2.00 bits per heavy atom. The van der Waals surface area contributed by atoms with Crippen LogP contribution in [0.1, 0.15) is 30.3 Å². The Balaban J connectivity index is 0.00000225. The Kier molecular flexibility index (Phi) is 5.01. The molecular weight excluding hydrogens is 219 g/mol. The fourth-order valence-electron chi connectivity index (χ4n) is 1.10. The van der Waals surface area contributed by atoms with Crippen molar-refractivity contribution in [1.29, 1.82) is 0 Å². The minimum atomic E-state index is -4.41. The van der Waals surface area contributed by atoms with E-state index in [1.807, 2.05) is 0 Å². The number of alkyl halides is 3. The second-order valence-corrected chi connectivity index (χ2v) is 2.94. The van der Waals surface area contributed by atoms with Crippen LogP contribution in [0.3, 0.4) is 0 Å². The summed E-state index contributed by atoms with van der Waals surface area (Å²) in [5.74, 6) is -0.497. The molecule has 0 unspecified atom stereocenters. The van der Waals surface area contributed by atoms with Gasteiger partial charge in [0, 0.05) is 12.1 Å². The molecule has 0 saturated heterocycles. The van der Waals surface area contributed by atoms with E-state index in [-0.39, 0.29) is 13.0 Å². The molecule has 1 aromatic rings. The molecule has 1 rings (SSSR count). The Hall–Kier alpha value is -1.52. The Bertz CT molecular complexity index is 360. The number of amides is 1. The monoisotopic (exact) mass is 233 g/mol. The third-order valence-electron chi connectivity index (χ3n) is 1.79. The number of rotatable bonds is 2. The molecule has 0 atom stereocenters. The molecule has 1 aromatic carbocycles. The van der Waals surface area contributed by atoms with E-state index in [0.29, 0.717) is 6.54 Å². The van der Waals surface area contributed by atoms with Crippen molar-refractivity contribution in [2.24, 2.45) is 0 Å². The lowest BCUT2D eigenvalue weighted by Gasteiger charge is -2.08. The fourth-order valence-corrected chi connectivity index (χ4v) is 1.10. The van der Waals surface area contributed by atoms with Gasteiger partial charge in [0.05, 0.1) is 5.56 Å². The molecule has 1 amide bonds. The quantitative estimate of drug-likeness (QED) is 0.835. The lowest BCUT2D eigenvalue weighted by molar-refractivity contribution is -0.137. The van der Waals surface area contributed by atoms with Gasteiger partial charge in [-0.15, -0.1) is 0 Å². The van der Waals surface area contributed by atoms with Crippen molar-refractivity contribution in [3.63, 3.8) is 0 Å². The highest BCUT2D eigenvalue weighted by Crippen LogP contribution is 2.29. The molecule has 1 N–H and O–H groups in total. The first-order valence-corrected chi connectivity index (χ1v) is 4.40. The molecular formula is C11H14F3NO. The topological polar surface area (TPSA) is 29.1 Å². The third kappa shape index (κ3) is 3.56. The lowest BCUT2D eigenvalue weighted by atomic mass is 10.1. The number of nitrogens with one attached hydrogen (secondary N) is 1. The van der Waals surface area contributed by atoms with Crippen molar-refractivity contribution in [3.05, 3.63) is 35.4 Å². The van der Waals surface area contributed by atoms with Crippen LogP contribution in [0.2, 0.25) is 0 Å². The molecule has 0 aliphatic carbocycles. The minimum absolute atomic E-state index is 0. The van der Waals surface area contributed by atoms with Gasteiger partial charge in [0.15, 0.2) is 0 Å². The van der Waals surface area contributed by atoms with E-state index >= 15 is 0 Å². The molecule has 0 aliphatic rings. The van der Waals surface area contributed by atoms with Crippen molar-refractivity contribution in [2.75, 3.05) is 6.54 Å². The second kappa shape index (κ2) is 5.53. The fraction of sp³-hybridized carbons (Fsp3) is 0.364. The van der Waals surface area contributed by atoms with Gasteiger partial charge in [0.25, 0.3) is 5.91 Å². The summed E-state index contributed by atoms with van der Waals surface area (Å²) in [5.41, 5.74) is -0.794. The largest absolute Gasteiger partial charge is 0.416 e. The summed E-state index contributed by atoms with van der Waals surface area (Å²) >= 11 is 0. The van der Waals surface area contributed by atoms with Gasteiger partial charge in [0.2, 0.25) is 0 Å². The van der Waals surface area contributed by atoms with E-state index in [1.165, 1.54) is 12.1 Å². The van der Waals surface area contributed by atoms with Crippen LogP contribution in [0.5, 0.6) is 0 Å². The van der Waals surface area contributed by atoms with Gasteiger partial charge < -0.3 is 5.32 Å². The highest BCUT2D eigenvalue weighted by atomic mass is 19.4. The maximum Gasteiger partial charge on any atom is 0.416 e. The number of carbonyl (C=O) groups is 1. The molecule has 0 bridgehead atoms. The molecule has 5 heteroatoms. The summed E-state index contributed by atoms with van der Waals surface area (Å²) in [6, 6.07) is 4.33. The van der Waals surface area contributed by atoms with Crippen LogP contribution in [0.25, 0.3) is 0 Å². The summed E-state index contributed by atoms with van der Waals surface area (Å²) in [6.07, 6.45) is -4.41.